The minimum Gasteiger partial charge on any atom is -0.394 e. The maximum atomic E-state index is 12.4. The fourth-order valence-corrected chi connectivity index (χ4v) is 2.76. The summed E-state index contributed by atoms with van der Waals surface area (Å²) < 4.78 is 0. The lowest BCUT2D eigenvalue weighted by molar-refractivity contribution is 0.0805. The summed E-state index contributed by atoms with van der Waals surface area (Å²) in [6.07, 6.45) is 9.54. The molecule has 1 aliphatic rings. The highest BCUT2D eigenvalue weighted by molar-refractivity contribution is 5.95. The maximum Gasteiger partial charge on any atom is 0.252 e. The topological polar surface area (TPSA) is 62.2 Å². The first-order valence-electron chi connectivity index (χ1n) is 7.01. The summed E-state index contributed by atoms with van der Waals surface area (Å²) in [5.41, 5.74) is 1.07. The third kappa shape index (κ3) is 3.32. The molecule has 0 atom stereocenters. The molecule has 1 aromatic heterocycles. The Bertz CT molecular complexity index is 438. The van der Waals surface area contributed by atoms with E-state index in [0.29, 0.717) is 5.56 Å². The number of nitrogens with one attached hydrogen (secondary N) is 1. The number of hydrogen-bond donors (Lipinski definition) is 2. The summed E-state index contributed by atoms with van der Waals surface area (Å²) in [7, 11) is 0. The van der Waals surface area contributed by atoms with Gasteiger partial charge in [0.25, 0.3) is 5.91 Å². The van der Waals surface area contributed by atoms with E-state index in [4.69, 9.17) is 0 Å². The number of rotatable bonds is 3. The van der Waals surface area contributed by atoms with E-state index in [1.54, 1.807) is 18.5 Å². The van der Waals surface area contributed by atoms with Crippen molar-refractivity contribution in [1.82, 2.24) is 10.3 Å². The number of nitrogens with zero attached hydrogens (tertiary/aromatic N) is 1. The molecule has 19 heavy (non-hydrogen) atoms. The van der Waals surface area contributed by atoms with Gasteiger partial charge < -0.3 is 10.4 Å². The Balaban J connectivity index is 2.13. The monoisotopic (exact) mass is 262 g/mol. The lowest BCUT2D eigenvalue weighted by atomic mass is 9.90. The van der Waals surface area contributed by atoms with Gasteiger partial charge in [0, 0.05) is 18.0 Å². The van der Waals surface area contributed by atoms with E-state index in [1.165, 1.54) is 12.8 Å². The number of carbonyl (C=O) groups is 1. The number of aliphatic hydroxyl groups is 1. The first-order valence-corrected chi connectivity index (χ1v) is 7.01. The van der Waals surface area contributed by atoms with E-state index in [9.17, 15) is 9.90 Å². The van der Waals surface area contributed by atoms with E-state index >= 15 is 0 Å². The molecule has 0 aliphatic heterocycles. The van der Waals surface area contributed by atoms with Crippen molar-refractivity contribution in [2.45, 2.75) is 51.0 Å². The molecular weight excluding hydrogens is 240 g/mol. The van der Waals surface area contributed by atoms with Crippen LogP contribution in [0.4, 0.5) is 0 Å². The Morgan fingerprint density at radius 1 is 1.37 bits per heavy atom. The second kappa shape index (κ2) is 6.15. The molecule has 0 unspecified atom stereocenters. The number of amides is 1. The summed E-state index contributed by atoms with van der Waals surface area (Å²) in [6, 6.07) is 1.73. The van der Waals surface area contributed by atoms with E-state index in [-0.39, 0.29) is 12.5 Å². The van der Waals surface area contributed by atoms with Crippen LogP contribution in [0.25, 0.3) is 0 Å². The summed E-state index contributed by atoms with van der Waals surface area (Å²) in [6.45, 7) is 1.89. The van der Waals surface area contributed by atoms with Crippen LogP contribution in [0.5, 0.6) is 0 Å². The smallest absolute Gasteiger partial charge is 0.252 e. The molecule has 0 bridgehead atoms. The zero-order valence-electron chi connectivity index (χ0n) is 11.5. The summed E-state index contributed by atoms with van der Waals surface area (Å²) >= 11 is 0. The fraction of sp³-hybridized carbons (Fsp3) is 0.600. The second-order valence-electron chi connectivity index (χ2n) is 5.50. The van der Waals surface area contributed by atoms with Gasteiger partial charge in [-0.2, -0.15) is 0 Å². The van der Waals surface area contributed by atoms with Crippen LogP contribution in [0.15, 0.2) is 18.5 Å². The van der Waals surface area contributed by atoms with Crippen molar-refractivity contribution in [3.63, 3.8) is 0 Å². The zero-order valence-corrected chi connectivity index (χ0v) is 11.5. The molecule has 104 valence electrons. The molecule has 0 radical (unpaired) electrons. The van der Waals surface area contributed by atoms with Crippen LogP contribution < -0.4 is 5.32 Å². The van der Waals surface area contributed by atoms with Crippen molar-refractivity contribution in [3.05, 3.63) is 29.6 Å². The van der Waals surface area contributed by atoms with Crippen LogP contribution in [0.2, 0.25) is 0 Å². The Hall–Kier alpha value is -1.42. The van der Waals surface area contributed by atoms with Crippen molar-refractivity contribution in [2.75, 3.05) is 6.61 Å². The standard InChI is InChI=1S/C15H22N2O2/c1-12-10-16-9-6-13(12)14(19)17-15(11-18)7-4-2-3-5-8-15/h6,9-10,18H,2-5,7-8,11H2,1H3,(H,17,19). The van der Waals surface area contributed by atoms with Crippen LogP contribution in [0.3, 0.4) is 0 Å². The van der Waals surface area contributed by atoms with Crippen molar-refractivity contribution in [3.8, 4) is 0 Å². The molecule has 2 N–H and O–H groups in total. The first kappa shape index (κ1) is 14.0. The molecule has 1 aromatic rings. The van der Waals surface area contributed by atoms with Crippen LogP contribution in [-0.4, -0.2) is 28.1 Å². The summed E-state index contributed by atoms with van der Waals surface area (Å²) in [5, 5.41) is 12.8. The average Bonchev–Trinajstić information content (AvgIpc) is 2.65. The van der Waals surface area contributed by atoms with Crippen molar-refractivity contribution in [2.24, 2.45) is 0 Å². The van der Waals surface area contributed by atoms with Gasteiger partial charge in [-0.1, -0.05) is 25.7 Å². The van der Waals surface area contributed by atoms with Gasteiger partial charge in [0.1, 0.15) is 0 Å². The maximum absolute atomic E-state index is 12.4. The first-order chi connectivity index (χ1) is 9.17. The van der Waals surface area contributed by atoms with E-state index < -0.39 is 5.54 Å². The lowest BCUT2D eigenvalue weighted by Gasteiger charge is -2.32. The van der Waals surface area contributed by atoms with Gasteiger partial charge in [-0.3, -0.25) is 9.78 Å². The lowest BCUT2D eigenvalue weighted by Crippen LogP contribution is -2.51. The van der Waals surface area contributed by atoms with Crippen LogP contribution >= 0.6 is 0 Å². The largest absolute Gasteiger partial charge is 0.394 e. The zero-order chi connectivity index (χ0) is 13.7. The Kier molecular flexibility index (Phi) is 4.53. The predicted molar refractivity (Wildman–Crippen MR) is 74.0 cm³/mol. The minimum atomic E-state index is -0.441. The van der Waals surface area contributed by atoms with Crippen molar-refractivity contribution >= 4 is 5.91 Å². The van der Waals surface area contributed by atoms with Gasteiger partial charge >= 0.3 is 0 Å². The molecule has 4 nitrogen and oxygen atoms in total. The number of hydrogen-bond acceptors (Lipinski definition) is 3. The predicted octanol–water partition coefficient (Wildman–Crippen LogP) is 2.21. The van der Waals surface area contributed by atoms with E-state index in [0.717, 1.165) is 31.2 Å². The summed E-state index contributed by atoms with van der Waals surface area (Å²) in [4.78, 5) is 16.4. The van der Waals surface area contributed by atoms with Gasteiger partial charge in [-0.15, -0.1) is 0 Å². The van der Waals surface area contributed by atoms with Crippen LogP contribution in [-0.2, 0) is 0 Å². The highest BCUT2D eigenvalue weighted by Gasteiger charge is 2.32. The fourth-order valence-electron chi connectivity index (χ4n) is 2.76. The summed E-state index contributed by atoms with van der Waals surface area (Å²) in [5.74, 6) is -0.101. The molecule has 4 heteroatoms. The highest BCUT2D eigenvalue weighted by Crippen LogP contribution is 2.27. The van der Waals surface area contributed by atoms with Gasteiger partial charge in [0.15, 0.2) is 0 Å². The van der Waals surface area contributed by atoms with Crippen molar-refractivity contribution < 1.29 is 9.90 Å². The van der Waals surface area contributed by atoms with Crippen molar-refractivity contribution in [1.29, 1.82) is 0 Å². The highest BCUT2D eigenvalue weighted by atomic mass is 16.3. The Morgan fingerprint density at radius 3 is 2.63 bits per heavy atom. The Labute approximate surface area is 114 Å². The molecule has 1 heterocycles. The van der Waals surface area contributed by atoms with Gasteiger partial charge in [0.05, 0.1) is 12.1 Å². The molecular formula is C15H22N2O2. The number of pyridine rings is 1. The van der Waals surface area contributed by atoms with Gasteiger partial charge in [-0.05, 0) is 31.4 Å². The molecule has 0 saturated heterocycles. The van der Waals surface area contributed by atoms with Gasteiger partial charge in [-0.25, -0.2) is 0 Å². The molecule has 0 spiro atoms. The molecule has 1 fully saturated rings. The average molecular weight is 262 g/mol. The molecule has 1 amide bonds. The third-order valence-corrected chi connectivity index (χ3v) is 4.01. The van der Waals surface area contributed by atoms with Gasteiger partial charge in [0.2, 0.25) is 0 Å². The van der Waals surface area contributed by atoms with Crippen LogP contribution in [0.1, 0.15) is 54.4 Å². The normalized spacial score (nSPS) is 18.6. The molecule has 0 aromatic carbocycles. The molecule has 1 aliphatic carbocycles. The molecule has 2 rings (SSSR count). The minimum absolute atomic E-state index is 0.0167. The number of carbonyl (C=O) groups excluding carboxylic acids is 1. The SMILES string of the molecule is Cc1cnccc1C(=O)NC1(CO)CCCCCC1. The number of aryl methyl sites for hydroxylation is 1. The van der Waals surface area contributed by atoms with E-state index in [2.05, 4.69) is 10.3 Å². The number of aromatic nitrogens is 1. The quantitative estimate of drug-likeness (QED) is 0.821. The van der Waals surface area contributed by atoms with E-state index in [1.807, 2.05) is 6.92 Å². The number of aliphatic hydroxyl groups excluding tert-OH is 1. The Morgan fingerprint density at radius 2 is 2.05 bits per heavy atom. The third-order valence-electron chi connectivity index (χ3n) is 4.01. The van der Waals surface area contributed by atoms with Crippen LogP contribution in [0, 0.1) is 6.92 Å². The molecule has 1 saturated carbocycles. The second-order valence-corrected chi connectivity index (χ2v) is 5.50.